The lowest BCUT2D eigenvalue weighted by atomic mass is 9.88. The minimum Gasteiger partial charge on any atom is -0.480 e. The van der Waals surface area contributed by atoms with Gasteiger partial charge in [-0.15, -0.1) is 11.3 Å². The quantitative estimate of drug-likeness (QED) is 0.683. The van der Waals surface area contributed by atoms with Gasteiger partial charge in [0.05, 0.1) is 5.01 Å². The summed E-state index contributed by atoms with van der Waals surface area (Å²) in [7, 11) is 0. The Balaban J connectivity index is 1.93. The molecule has 0 fully saturated rings. The number of hydrogen-bond donors (Lipinski definition) is 1. The highest BCUT2D eigenvalue weighted by molar-refractivity contribution is 7.09. The van der Waals surface area contributed by atoms with Crippen molar-refractivity contribution in [1.82, 2.24) is 9.88 Å². The highest BCUT2D eigenvalue weighted by Gasteiger charge is 2.42. The number of carboxylic acids is 1. The van der Waals surface area contributed by atoms with Crippen LogP contribution in [0.15, 0.2) is 35.8 Å². The Morgan fingerprint density at radius 3 is 2.77 bits per heavy atom. The van der Waals surface area contributed by atoms with Crippen molar-refractivity contribution in [3.8, 4) is 0 Å². The van der Waals surface area contributed by atoms with Crippen LogP contribution in [0, 0.1) is 0 Å². The molecule has 0 radical (unpaired) electrons. The summed E-state index contributed by atoms with van der Waals surface area (Å²) in [6.07, 6.45) is 2.07. The number of carboxylic acid groups (broad SMARTS) is 1. The summed E-state index contributed by atoms with van der Waals surface area (Å²) >= 11 is 1.43. The first-order valence-electron chi connectivity index (χ1n) is 6.65. The van der Waals surface area contributed by atoms with E-state index in [9.17, 15) is 19.5 Å². The van der Waals surface area contributed by atoms with E-state index in [-0.39, 0.29) is 17.7 Å². The average molecular weight is 316 g/mol. The van der Waals surface area contributed by atoms with Gasteiger partial charge in [0.2, 0.25) is 5.91 Å². The highest BCUT2D eigenvalue weighted by Crippen LogP contribution is 2.29. The topological polar surface area (TPSA) is 87.6 Å². The minimum absolute atomic E-state index is 0.128. The smallest absolute Gasteiger partial charge is 0.320 e. The Labute approximate surface area is 130 Å². The SMILES string of the molecule is O=C(O)C1C(=O)N(CCc2nccs2)C(=O)c2ccccc21. The fourth-order valence-electron chi connectivity index (χ4n) is 2.51. The standard InChI is InChI=1S/C15H12N2O4S/c18-13-10-4-2-1-3-9(10)12(15(20)21)14(19)17(13)7-5-11-16-6-8-22-11/h1-4,6,8,12H,5,7H2,(H,20,21). The van der Waals surface area contributed by atoms with Gasteiger partial charge in [-0.2, -0.15) is 0 Å². The number of benzene rings is 1. The molecule has 1 unspecified atom stereocenters. The zero-order chi connectivity index (χ0) is 15.7. The van der Waals surface area contributed by atoms with Gasteiger partial charge in [-0.25, -0.2) is 4.98 Å². The Kier molecular flexibility index (Phi) is 3.72. The molecule has 3 rings (SSSR count). The van der Waals surface area contributed by atoms with Crippen LogP contribution in [0.5, 0.6) is 0 Å². The second-order valence-corrected chi connectivity index (χ2v) is 5.81. The van der Waals surface area contributed by atoms with Crippen LogP contribution in [-0.4, -0.2) is 39.3 Å². The maximum absolute atomic E-state index is 12.4. The number of nitrogens with zero attached hydrogens (tertiary/aromatic N) is 2. The van der Waals surface area contributed by atoms with Crippen molar-refractivity contribution < 1.29 is 19.5 Å². The molecule has 7 heteroatoms. The number of carbonyl (C=O) groups excluding carboxylic acids is 2. The molecule has 1 atom stereocenters. The summed E-state index contributed by atoms with van der Waals surface area (Å²) in [5, 5.41) is 12.0. The van der Waals surface area contributed by atoms with Crippen LogP contribution in [0.3, 0.4) is 0 Å². The summed E-state index contributed by atoms with van der Waals surface area (Å²) in [6, 6.07) is 6.35. The normalized spacial score (nSPS) is 17.5. The van der Waals surface area contributed by atoms with Gasteiger partial charge >= 0.3 is 5.97 Å². The van der Waals surface area contributed by atoms with E-state index in [4.69, 9.17) is 0 Å². The molecule has 0 saturated carbocycles. The number of thiazole rings is 1. The van der Waals surface area contributed by atoms with Crippen molar-refractivity contribution in [2.75, 3.05) is 6.54 Å². The fraction of sp³-hybridized carbons (Fsp3) is 0.200. The maximum Gasteiger partial charge on any atom is 0.320 e. The number of fused-ring (bicyclic) bond motifs is 1. The van der Waals surface area contributed by atoms with E-state index in [2.05, 4.69) is 4.98 Å². The van der Waals surface area contributed by atoms with Gasteiger partial charge in [0.15, 0.2) is 5.92 Å². The van der Waals surface area contributed by atoms with Crippen molar-refractivity contribution >= 4 is 29.1 Å². The molecular formula is C15H12N2O4S. The van der Waals surface area contributed by atoms with Crippen LogP contribution in [0.2, 0.25) is 0 Å². The van der Waals surface area contributed by atoms with Crippen LogP contribution in [-0.2, 0) is 16.0 Å². The van der Waals surface area contributed by atoms with Crippen LogP contribution < -0.4 is 0 Å². The Bertz CT molecular complexity index is 742. The summed E-state index contributed by atoms with van der Waals surface area (Å²) < 4.78 is 0. The van der Waals surface area contributed by atoms with Gasteiger partial charge in [0.1, 0.15) is 0 Å². The van der Waals surface area contributed by atoms with Crippen LogP contribution in [0.1, 0.15) is 26.8 Å². The molecule has 0 spiro atoms. The van der Waals surface area contributed by atoms with E-state index in [1.807, 2.05) is 5.38 Å². The molecule has 1 aliphatic rings. The number of hydrogen-bond acceptors (Lipinski definition) is 5. The van der Waals surface area contributed by atoms with Gasteiger partial charge < -0.3 is 5.11 Å². The summed E-state index contributed by atoms with van der Waals surface area (Å²) in [6.45, 7) is 0.128. The third kappa shape index (κ3) is 2.39. The van der Waals surface area contributed by atoms with Crippen molar-refractivity contribution in [3.63, 3.8) is 0 Å². The van der Waals surface area contributed by atoms with E-state index in [0.29, 0.717) is 6.42 Å². The molecule has 1 aromatic carbocycles. The molecule has 112 valence electrons. The van der Waals surface area contributed by atoms with Crippen molar-refractivity contribution in [2.45, 2.75) is 12.3 Å². The van der Waals surface area contributed by atoms with Crippen molar-refractivity contribution in [2.24, 2.45) is 0 Å². The van der Waals surface area contributed by atoms with Gasteiger partial charge in [-0.05, 0) is 11.6 Å². The van der Waals surface area contributed by atoms with Crippen molar-refractivity contribution in [3.05, 3.63) is 52.0 Å². The number of aromatic nitrogens is 1. The van der Waals surface area contributed by atoms with Gasteiger partial charge in [0.25, 0.3) is 5.91 Å². The fourth-order valence-corrected chi connectivity index (χ4v) is 3.12. The lowest BCUT2D eigenvalue weighted by Crippen LogP contribution is -2.47. The first-order valence-corrected chi connectivity index (χ1v) is 7.53. The molecule has 2 amide bonds. The number of rotatable bonds is 4. The van der Waals surface area contributed by atoms with E-state index in [1.165, 1.54) is 17.4 Å². The zero-order valence-corrected chi connectivity index (χ0v) is 12.2. The van der Waals surface area contributed by atoms with Crippen LogP contribution >= 0.6 is 11.3 Å². The predicted octanol–water partition coefficient (Wildman–Crippen LogP) is 1.54. The Morgan fingerprint density at radius 2 is 2.09 bits per heavy atom. The third-order valence-corrected chi connectivity index (χ3v) is 4.38. The first-order chi connectivity index (χ1) is 10.6. The number of aliphatic carboxylic acids is 1. The molecule has 6 nitrogen and oxygen atoms in total. The molecule has 0 saturated heterocycles. The van der Waals surface area contributed by atoms with E-state index in [1.54, 1.807) is 24.4 Å². The largest absolute Gasteiger partial charge is 0.480 e. The summed E-state index contributed by atoms with van der Waals surface area (Å²) in [5.41, 5.74) is 0.532. The molecule has 2 heterocycles. The summed E-state index contributed by atoms with van der Waals surface area (Å²) in [5.74, 6) is -3.71. The Hall–Kier alpha value is -2.54. The van der Waals surface area contributed by atoms with Crippen LogP contribution in [0.25, 0.3) is 0 Å². The second-order valence-electron chi connectivity index (χ2n) is 4.83. The summed E-state index contributed by atoms with van der Waals surface area (Å²) in [4.78, 5) is 41.4. The lowest BCUT2D eigenvalue weighted by Gasteiger charge is -2.30. The minimum atomic E-state index is -1.33. The number of amides is 2. The molecule has 0 bridgehead atoms. The molecule has 22 heavy (non-hydrogen) atoms. The Morgan fingerprint density at radius 1 is 1.32 bits per heavy atom. The number of imide groups is 1. The molecule has 1 aliphatic heterocycles. The van der Waals surface area contributed by atoms with Gasteiger partial charge in [0, 0.05) is 30.1 Å². The van der Waals surface area contributed by atoms with E-state index < -0.39 is 23.7 Å². The second kappa shape index (κ2) is 5.69. The zero-order valence-electron chi connectivity index (χ0n) is 11.4. The molecule has 0 aliphatic carbocycles. The van der Waals surface area contributed by atoms with Crippen molar-refractivity contribution in [1.29, 1.82) is 0 Å². The number of carbonyl (C=O) groups is 3. The third-order valence-electron chi connectivity index (χ3n) is 3.54. The highest BCUT2D eigenvalue weighted by atomic mass is 32.1. The monoisotopic (exact) mass is 316 g/mol. The molecular weight excluding hydrogens is 304 g/mol. The predicted molar refractivity (Wildman–Crippen MR) is 78.7 cm³/mol. The van der Waals surface area contributed by atoms with Crippen LogP contribution in [0.4, 0.5) is 0 Å². The molecule has 2 aromatic rings. The van der Waals surface area contributed by atoms with E-state index in [0.717, 1.165) is 9.91 Å². The first kappa shape index (κ1) is 14.4. The van der Waals surface area contributed by atoms with Gasteiger partial charge in [-0.1, -0.05) is 18.2 Å². The molecule has 1 aromatic heterocycles. The molecule has 1 N–H and O–H groups in total. The van der Waals surface area contributed by atoms with Gasteiger partial charge in [-0.3, -0.25) is 19.3 Å². The maximum atomic E-state index is 12.4. The lowest BCUT2D eigenvalue weighted by molar-refractivity contribution is -0.146. The average Bonchev–Trinajstić information content (AvgIpc) is 3.00. The van der Waals surface area contributed by atoms with E-state index >= 15 is 0 Å².